The van der Waals surface area contributed by atoms with E-state index in [4.69, 9.17) is 5.11 Å². The minimum Gasteiger partial charge on any atom is -0.465 e. The minimum absolute atomic E-state index is 0.0677. The quantitative estimate of drug-likeness (QED) is 0.772. The molecule has 0 saturated carbocycles. The van der Waals surface area contributed by atoms with Crippen LogP contribution in [-0.4, -0.2) is 39.8 Å². The molecule has 1 N–H and O–H groups in total. The number of alkyl halides is 1. The molecule has 0 aromatic carbocycles. The van der Waals surface area contributed by atoms with Crippen LogP contribution in [0, 0.1) is 0 Å². The maximum Gasteiger partial charge on any atom is 0.407 e. The number of ketones is 1. The number of hydrogen-bond acceptors (Lipinski definition) is 2. The predicted octanol–water partition coefficient (Wildman–Crippen LogP) is 1.48. The van der Waals surface area contributed by atoms with Crippen LogP contribution in [0.25, 0.3) is 0 Å². The summed E-state index contributed by atoms with van der Waals surface area (Å²) in [5.41, 5.74) is 0. The smallest absolute Gasteiger partial charge is 0.407 e. The van der Waals surface area contributed by atoms with Crippen LogP contribution in [0.15, 0.2) is 0 Å². The normalized spacial score (nSPS) is 21.9. The van der Waals surface area contributed by atoms with Crippen LogP contribution >= 0.6 is 15.9 Å². The molecule has 0 bridgehead atoms. The van der Waals surface area contributed by atoms with E-state index in [2.05, 4.69) is 15.9 Å². The highest BCUT2D eigenvalue weighted by atomic mass is 79.9. The molecule has 0 aromatic rings. The topological polar surface area (TPSA) is 57.6 Å². The Labute approximate surface area is 85.0 Å². The van der Waals surface area contributed by atoms with Crippen molar-refractivity contribution in [2.45, 2.75) is 25.3 Å². The van der Waals surface area contributed by atoms with Crippen molar-refractivity contribution in [1.82, 2.24) is 4.90 Å². The first-order valence-corrected chi connectivity index (χ1v) is 5.34. The van der Waals surface area contributed by atoms with E-state index in [1.54, 1.807) is 0 Å². The molecule has 0 radical (unpaired) electrons. The first kappa shape index (κ1) is 10.5. The summed E-state index contributed by atoms with van der Waals surface area (Å²) in [6.07, 6.45) is 1.11. The summed E-state index contributed by atoms with van der Waals surface area (Å²) >= 11 is 3.06. The first-order valence-electron chi connectivity index (χ1n) is 4.22. The lowest BCUT2D eigenvalue weighted by Crippen LogP contribution is -2.35. The zero-order valence-electron chi connectivity index (χ0n) is 7.20. The van der Waals surface area contributed by atoms with E-state index >= 15 is 0 Å². The van der Waals surface area contributed by atoms with Gasteiger partial charge in [0.05, 0.1) is 5.33 Å². The Morgan fingerprint density at radius 1 is 1.54 bits per heavy atom. The third kappa shape index (κ3) is 2.69. The van der Waals surface area contributed by atoms with Gasteiger partial charge in [0.25, 0.3) is 0 Å². The number of rotatable bonds is 3. The summed E-state index contributed by atoms with van der Waals surface area (Å²) < 4.78 is 0. The summed E-state index contributed by atoms with van der Waals surface area (Å²) in [6, 6.07) is -0.0949. The van der Waals surface area contributed by atoms with Gasteiger partial charge in [-0.1, -0.05) is 15.9 Å². The molecule has 13 heavy (non-hydrogen) atoms. The highest BCUT2D eigenvalue weighted by molar-refractivity contribution is 9.09. The molecule has 4 nitrogen and oxygen atoms in total. The number of carboxylic acid groups (broad SMARTS) is 1. The molecule has 1 fully saturated rings. The van der Waals surface area contributed by atoms with Crippen LogP contribution in [0.2, 0.25) is 0 Å². The molecule has 0 unspecified atom stereocenters. The van der Waals surface area contributed by atoms with Gasteiger partial charge < -0.3 is 10.0 Å². The maximum atomic E-state index is 11.1. The molecule has 1 atom stereocenters. The van der Waals surface area contributed by atoms with E-state index in [9.17, 15) is 9.59 Å². The third-order valence-electron chi connectivity index (χ3n) is 2.24. The Kier molecular flexibility index (Phi) is 3.71. The van der Waals surface area contributed by atoms with Crippen LogP contribution < -0.4 is 0 Å². The molecule has 1 amide bonds. The fourth-order valence-corrected chi connectivity index (χ4v) is 1.85. The van der Waals surface area contributed by atoms with E-state index in [0.29, 0.717) is 18.3 Å². The van der Waals surface area contributed by atoms with E-state index in [-0.39, 0.29) is 11.8 Å². The summed E-state index contributed by atoms with van der Waals surface area (Å²) in [4.78, 5) is 23.1. The van der Waals surface area contributed by atoms with Gasteiger partial charge in [-0.2, -0.15) is 0 Å². The van der Waals surface area contributed by atoms with Gasteiger partial charge in [0.1, 0.15) is 5.78 Å². The van der Waals surface area contributed by atoms with Crippen molar-refractivity contribution in [3.05, 3.63) is 0 Å². The molecule has 0 aliphatic carbocycles. The molecule has 1 saturated heterocycles. The average molecular weight is 250 g/mol. The molecule has 0 aromatic heterocycles. The molecule has 74 valence electrons. The number of hydrogen-bond donors (Lipinski definition) is 1. The fraction of sp³-hybridized carbons (Fsp3) is 0.750. The van der Waals surface area contributed by atoms with E-state index in [1.807, 2.05) is 0 Å². The second kappa shape index (κ2) is 4.60. The number of amides is 1. The predicted molar refractivity (Wildman–Crippen MR) is 51.2 cm³/mol. The van der Waals surface area contributed by atoms with Crippen molar-refractivity contribution in [3.63, 3.8) is 0 Å². The summed E-state index contributed by atoms with van der Waals surface area (Å²) in [5.74, 6) is 0.0677. The number of carbonyl (C=O) groups is 2. The summed E-state index contributed by atoms with van der Waals surface area (Å²) in [6.45, 7) is 0.565. The largest absolute Gasteiger partial charge is 0.465 e. The van der Waals surface area contributed by atoms with Crippen LogP contribution in [0.4, 0.5) is 4.79 Å². The van der Waals surface area contributed by atoms with Gasteiger partial charge >= 0.3 is 6.09 Å². The molecular formula is C8H12BrNO3. The monoisotopic (exact) mass is 249 g/mol. The lowest BCUT2D eigenvalue weighted by Gasteiger charge is -2.20. The Morgan fingerprint density at radius 2 is 2.23 bits per heavy atom. The maximum absolute atomic E-state index is 11.1. The van der Waals surface area contributed by atoms with Crippen LogP contribution in [0.5, 0.6) is 0 Å². The first-order chi connectivity index (χ1) is 6.15. The lowest BCUT2D eigenvalue weighted by atomic mass is 10.1. The van der Waals surface area contributed by atoms with E-state index in [0.717, 1.165) is 12.8 Å². The van der Waals surface area contributed by atoms with Crippen LogP contribution in [-0.2, 0) is 4.79 Å². The molecule has 1 heterocycles. The van der Waals surface area contributed by atoms with Crippen molar-refractivity contribution in [2.24, 2.45) is 0 Å². The highest BCUT2D eigenvalue weighted by Gasteiger charge is 2.29. The van der Waals surface area contributed by atoms with Gasteiger partial charge in [0.15, 0.2) is 0 Å². The van der Waals surface area contributed by atoms with Gasteiger partial charge in [0, 0.05) is 19.0 Å². The van der Waals surface area contributed by atoms with Crippen LogP contribution in [0.3, 0.4) is 0 Å². The third-order valence-corrected chi connectivity index (χ3v) is 2.86. The van der Waals surface area contributed by atoms with Gasteiger partial charge in [-0.05, 0) is 12.8 Å². The molecule has 1 rings (SSSR count). The lowest BCUT2D eigenvalue weighted by molar-refractivity contribution is -0.117. The fourth-order valence-electron chi connectivity index (χ4n) is 1.62. The van der Waals surface area contributed by atoms with Crippen molar-refractivity contribution in [3.8, 4) is 0 Å². The Bertz CT molecular complexity index is 219. The number of halogens is 1. The molecule has 5 heteroatoms. The van der Waals surface area contributed by atoms with Gasteiger partial charge in [-0.3, -0.25) is 4.79 Å². The van der Waals surface area contributed by atoms with Gasteiger partial charge in [0.2, 0.25) is 0 Å². The molecular weight excluding hydrogens is 238 g/mol. The van der Waals surface area contributed by atoms with E-state index in [1.165, 1.54) is 4.90 Å². The minimum atomic E-state index is -0.912. The zero-order valence-corrected chi connectivity index (χ0v) is 8.79. The standard InChI is InChI=1S/C8H12BrNO3/c9-5-7(11)4-6-2-1-3-10(6)8(12)13/h6H,1-5H2,(H,12,13)/t6-/m0/s1. The van der Waals surface area contributed by atoms with Gasteiger partial charge in [-0.25, -0.2) is 4.79 Å². The SMILES string of the molecule is O=C(CBr)C[C@@H]1CCCN1C(=O)O. The highest BCUT2D eigenvalue weighted by Crippen LogP contribution is 2.20. The number of likely N-dealkylation sites (tertiary alicyclic amines) is 1. The Morgan fingerprint density at radius 3 is 2.77 bits per heavy atom. The molecule has 0 spiro atoms. The Balaban J connectivity index is 2.48. The molecule has 1 aliphatic rings. The molecule has 1 aliphatic heterocycles. The van der Waals surface area contributed by atoms with Crippen molar-refractivity contribution in [1.29, 1.82) is 0 Å². The second-order valence-electron chi connectivity index (χ2n) is 3.15. The van der Waals surface area contributed by atoms with Crippen molar-refractivity contribution in [2.75, 3.05) is 11.9 Å². The Hall–Kier alpha value is -0.580. The summed E-state index contributed by atoms with van der Waals surface area (Å²) in [7, 11) is 0. The van der Waals surface area contributed by atoms with E-state index < -0.39 is 6.09 Å². The van der Waals surface area contributed by atoms with Crippen molar-refractivity contribution < 1.29 is 14.7 Å². The number of Topliss-reactive ketones (excluding diaryl/α,β-unsaturated/α-hetero) is 1. The van der Waals surface area contributed by atoms with Gasteiger partial charge in [-0.15, -0.1) is 0 Å². The number of carbonyl (C=O) groups excluding carboxylic acids is 1. The second-order valence-corrected chi connectivity index (χ2v) is 3.71. The summed E-state index contributed by atoms with van der Waals surface area (Å²) in [5, 5.41) is 9.09. The average Bonchev–Trinajstić information content (AvgIpc) is 2.52. The zero-order chi connectivity index (χ0) is 9.84. The number of nitrogens with zero attached hydrogens (tertiary/aromatic N) is 1. The van der Waals surface area contributed by atoms with Crippen LogP contribution in [0.1, 0.15) is 19.3 Å². The van der Waals surface area contributed by atoms with Crippen molar-refractivity contribution >= 4 is 27.8 Å².